The molecule has 28 heavy (non-hydrogen) atoms. The lowest BCUT2D eigenvalue weighted by Crippen LogP contribution is -2.35. The topological polar surface area (TPSA) is 82.1 Å². The van der Waals surface area contributed by atoms with Gasteiger partial charge in [-0.05, 0) is 43.7 Å². The van der Waals surface area contributed by atoms with Gasteiger partial charge in [-0.25, -0.2) is 0 Å². The van der Waals surface area contributed by atoms with E-state index in [1.54, 1.807) is 42.5 Å². The van der Waals surface area contributed by atoms with Crippen LogP contribution in [0.5, 0.6) is 11.5 Å². The van der Waals surface area contributed by atoms with Gasteiger partial charge in [-0.15, -0.1) is 0 Å². The van der Waals surface area contributed by atoms with Gasteiger partial charge in [-0.1, -0.05) is 18.2 Å². The molecule has 0 saturated heterocycles. The molecule has 0 bridgehead atoms. The Labute approximate surface area is 162 Å². The molecule has 7 nitrogen and oxygen atoms in total. The number of rotatable bonds is 8. The molecule has 2 aromatic rings. The van der Waals surface area contributed by atoms with E-state index >= 15 is 0 Å². The number of hydrogen-bond donors (Lipinski definition) is 0. The predicted octanol–water partition coefficient (Wildman–Crippen LogP) is 2.82. The Morgan fingerprint density at radius 2 is 1.50 bits per heavy atom. The van der Waals surface area contributed by atoms with Gasteiger partial charge in [-0.3, -0.25) is 19.3 Å². The van der Waals surface area contributed by atoms with Gasteiger partial charge in [-0.2, -0.15) is 0 Å². The molecule has 0 unspecified atom stereocenters. The van der Waals surface area contributed by atoms with E-state index in [0.717, 1.165) is 4.90 Å². The van der Waals surface area contributed by atoms with E-state index in [0.29, 0.717) is 41.4 Å². The second kappa shape index (κ2) is 8.56. The molecule has 0 N–H and O–H groups in total. The van der Waals surface area contributed by atoms with Crippen molar-refractivity contribution in [3.63, 3.8) is 0 Å². The smallest absolute Gasteiger partial charge is 0.326 e. The second-order valence-corrected chi connectivity index (χ2v) is 6.05. The summed E-state index contributed by atoms with van der Waals surface area (Å²) in [4.78, 5) is 37.7. The van der Waals surface area contributed by atoms with Crippen LogP contribution in [0.1, 0.15) is 40.1 Å². The van der Waals surface area contributed by atoms with E-state index in [9.17, 15) is 14.4 Å². The molecule has 1 heterocycles. The van der Waals surface area contributed by atoms with Crippen LogP contribution in [-0.4, -0.2) is 42.4 Å². The highest BCUT2D eigenvalue weighted by molar-refractivity contribution is 6.22. The standard InChI is InChI=1S/C21H21NO6/c1-3-26-17-10-9-14(11-18(17)27-4-2)13-28-19(23)12-22-20(24)15-7-5-6-8-16(15)21(22)25/h5-11H,3-4,12-13H2,1-2H3. The summed E-state index contributed by atoms with van der Waals surface area (Å²) < 4.78 is 16.3. The van der Waals surface area contributed by atoms with Crippen molar-refractivity contribution in [2.24, 2.45) is 0 Å². The minimum Gasteiger partial charge on any atom is -0.490 e. The fourth-order valence-electron chi connectivity index (χ4n) is 2.91. The SMILES string of the molecule is CCOc1ccc(COC(=O)CN2C(=O)c3ccccc3C2=O)cc1OCC. The largest absolute Gasteiger partial charge is 0.490 e. The van der Waals surface area contributed by atoms with Crippen LogP contribution in [0.4, 0.5) is 0 Å². The van der Waals surface area contributed by atoms with Crippen molar-refractivity contribution in [3.05, 3.63) is 59.2 Å². The zero-order valence-corrected chi connectivity index (χ0v) is 15.8. The highest BCUT2D eigenvalue weighted by atomic mass is 16.5. The van der Waals surface area contributed by atoms with Crippen molar-refractivity contribution in [3.8, 4) is 11.5 Å². The Morgan fingerprint density at radius 3 is 2.11 bits per heavy atom. The number of carbonyl (C=O) groups excluding carboxylic acids is 3. The summed E-state index contributed by atoms with van der Waals surface area (Å²) in [6.07, 6.45) is 0. The lowest BCUT2D eigenvalue weighted by molar-refractivity contribution is -0.145. The van der Waals surface area contributed by atoms with Gasteiger partial charge in [0.1, 0.15) is 13.2 Å². The van der Waals surface area contributed by atoms with Gasteiger partial charge < -0.3 is 14.2 Å². The van der Waals surface area contributed by atoms with Crippen molar-refractivity contribution in [1.82, 2.24) is 4.90 Å². The number of nitrogens with zero attached hydrogens (tertiary/aromatic N) is 1. The van der Waals surface area contributed by atoms with Crippen LogP contribution in [0.15, 0.2) is 42.5 Å². The fourth-order valence-corrected chi connectivity index (χ4v) is 2.91. The Morgan fingerprint density at radius 1 is 0.893 bits per heavy atom. The minimum absolute atomic E-state index is 0.00547. The monoisotopic (exact) mass is 383 g/mol. The van der Waals surface area contributed by atoms with E-state index < -0.39 is 24.3 Å². The third-order valence-electron chi connectivity index (χ3n) is 4.17. The minimum atomic E-state index is -0.665. The average molecular weight is 383 g/mol. The van der Waals surface area contributed by atoms with Gasteiger partial charge in [0.2, 0.25) is 0 Å². The molecule has 0 aromatic heterocycles. The van der Waals surface area contributed by atoms with E-state index in [1.165, 1.54) is 0 Å². The van der Waals surface area contributed by atoms with E-state index in [-0.39, 0.29) is 6.61 Å². The van der Waals surface area contributed by atoms with E-state index in [4.69, 9.17) is 14.2 Å². The number of carbonyl (C=O) groups is 3. The van der Waals surface area contributed by atoms with Gasteiger partial charge >= 0.3 is 5.97 Å². The summed E-state index contributed by atoms with van der Waals surface area (Å²) in [5.74, 6) is -0.459. The molecule has 7 heteroatoms. The van der Waals surface area contributed by atoms with Crippen molar-refractivity contribution >= 4 is 17.8 Å². The lowest BCUT2D eigenvalue weighted by atomic mass is 10.1. The molecule has 0 spiro atoms. The summed E-state index contributed by atoms with van der Waals surface area (Å²) in [6, 6.07) is 11.7. The quantitative estimate of drug-likeness (QED) is 0.515. The molecule has 1 aliphatic heterocycles. The van der Waals surface area contributed by atoms with Gasteiger partial charge in [0.25, 0.3) is 11.8 Å². The molecule has 146 valence electrons. The first-order chi connectivity index (χ1) is 13.5. The summed E-state index contributed by atoms with van der Waals surface area (Å²) >= 11 is 0. The molecule has 0 atom stereocenters. The fraction of sp³-hybridized carbons (Fsp3) is 0.286. The van der Waals surface area contributed by atoms with Crippen molar-refractivity contribution in [1.29, 1.82) is 0 Å². The number of benzene rings is 2. The van der Waals surface area contributed by atoms with E-state index in [2.05, 4.69) is 0 Å². The first-order valence-electron chi connectivity index (χ1n) is 9.04. The number of amides is 2. The lowest BCUT2D eigenvalue weighted by Gasteiger charge is -2.14. The molecule has 2 amide bonds. The van der Waals surface area contributed by atoms with Crippen LogP contribution < -0.4 is 9.47 Å². The summed E-state index contributed by atoms with van der Waals surface area (Å²) in [5, 5.41) is 0. The number of imide groups is 1. The highest BCUT2D eigenvalue weighted by Gasteiger charge is 2.36. The summed E-state index contributed by atoms with van der Waals surface area (Å²) in [5.41, 5.74) is 1.31. The average Bonchev–Trinajstić information content (AvgIpc) is 2.94. The van der Waals surface area contributed by atoms with Crippen molar-refractivity contribution in [2.75, 3.05) is 19.8 Å². The van der Waals surface area contributed by atoms with Crippen molar-refractivity contribution in [2.45, 2.75) is 20.5 Å². The molecule has 0 fully saturated rings. The molecule has 0 radical (unpaired) electrons. The third-order valence-corrected chi connectivity index (χ3v) is 4.17. The van der Waals surface area contributed by atoms with Gasteiger partial charge in [0.05, 0.1) is 24.3 Å². The molecule has 2 aromatic carbocycles. The normalized spacial score (nSPS) is 12.7. The molecule has 1 aliphatic rings. The number of ether oxygens (including phenoxy) is 3. The molecular weight excluding hydrogens is 362 g/mol. The number of hydrogen-bond acceptors (Lipinski definition) is 6. The molecule has 3 rings (SSSR count). The molecule has 0 saturated carbocycles. The molecular formula is C21H21NO6. The third kappa shape index (κ3) is 3.98. The molecule has 0 aliphatic carbocycles. The predicted molar refractivity (Wildman–Crippen MR) is 100 cm³/mol. The van der Waals surface area contributed by atoms with Crippen LogP contribution in [0.25, 0.3) is 0 Å². The summed E-state index contributed by atoms with van der Waals surface area (Å²) in [7, 11) is 0. The Hall–Kier alpha value is -3.35. The van der Waals surface area contributed by atoms with Crippen molar-refractivity contribution < 1.29 is 28.6 Å². The highest BCUT2D eigenvalue weighted by Crippen LogP contribution is 2.29. The Balaban J connectivity index is 1.61. The Kier molecular flexibility index (Phi) is 5.93. The second-order valence-electron chi connectivity index (χ2n) is 6.05. The number of fused-ring (bicyclic) bond motifs is 1. The maximum atomic E-state index is 12.3. The first-order valence-corrected chi connectivity index (χ1v) is 9.04. The van der Waals surface area contributed by atoms with Crippen LogP contribution in [0, 0.1) is 0 Å². The van der Waals surface area contributed by atoms with Crippen LogP contribution in [0.2, 0.25) is 0 Å². The maximum Gasteiger partial charge on any atom is 0.326 e. The summed E-state index contributed by atoms with van der Waals surface area (Å²) in [6.45, 7) is 4.29. The van der Waals surface area contributed by atoms with Crippen LogP contribution >= 0.6 is 0 Å². The maximum absolute atomic E-state index is 12.3. The zero-order valence-electron chi connectivity index (χ0n) is 15.8. The van der Waals surface area contributed by atoms with Crippen LogP contribution in [-0.2, 0) is 16.1 Å². The van der Waals surface area contributed by atoms with E-state index in [1.807, 2.05) is 13.8 Å². The van der Waals surface area contributed by atoms with Gasteiger partial charge in [0, 0.05) is 0 Å². The Bertz CT molecular complexity index is 873. The van der Waals surface area contributed by atoms with Crippen LogP contribution in [0.3, 0.4) is 0 Å². The van der Waals surface area contributed by atoms with Gasteiger partial charge in [0.15, 0.2) is 11.5 Å². The first kappa shape index (κ1) is 19.4. The zero-order chi connectivity index (χ0) is 20.1. The number of esters is 1.